The molecule has 1 fully saturated rings. The normalized spacial score (nSPS) is 19.1. The molecule has 1 aliphatic heterocycles. The fourth-order valence-electron chi connectivity index (χ4n) is 2.76. The highest BCUT2D eigenvalue weighted by molar-refractivity contribution is 7.08. The zero-order valence-electron chi connectivity index (χ0n) is 11.1. The first-order valence-electron chi connectivity index (χ1n) is 6.84. The van der Waals surface area contributed by atoms with Crippen LogP contribution in [0.2, 0.25) is 0 Å². The predicted molar refractivity (Wildman–Crippen MR) is 78.3 cm³/mol. The van der Waals surface area contributed by atoms with E-state index in [0.717, 1.165) is 36.9 Å². The highest BCUT2D eigenvalue weighted by Crippen LogP contribution is 2.32. The molecule has 0 radical (unpaired) electrons. The number of carbonyl (C=O) groups is 1. The maximum absolute atomic E-state index is 13.1. The molecule has 2 aromatic rings. The van der Waals surface area contributed by atoms with Crippen molar-refractivity contribution in [3.05, 3.63) is 58.0 Å². The summed E-state index contributed by atoms with van der Waals surface area (Å²) in [5, 5.41) is 3.81. The molecule has 1 aromatic carbocycles. The van der Waals surface area contributed by atoms with E-state index >= 15 is 0 Å². The predicted octanol–water partition coefficient (Wildman–Crippen LogP) is 4.25. The summed E-state index contributed by atoms with van der Waals surface area (Å²) < 4.78 is 13.1. The first-order chi connectivity index (χ1) is 9.75. The minimum atomic E-state index is -0.236. The highest BCUT2D eigenvalue weighted by atomic mass is 32.1. The Bertz CT molecular complexity index is 579. The summed E-state index contributed by atoms with van der Waals surface area (Å²) in [7, 11) is 0. The largest absolute Gasteiger partial charge is 0.332 e. The van der Waals surface area contributed by atoms with E-state index in [9.17, 15) is 9.18 Å². The number of nitrogens with zero attached hydrogens (tertiary/aromatic N) is 1. The molecule has 1 amide bonds. The lowest BCUT2D eigenvalue weighted by molar-refractivity contribution is 0.0612. The third-order valence-corrected chi connectivity index (χ3v) is 4.47. The Labute approximate surface area is 121 Å². The number of hydrogen-bond donors (Lipinski definition) is 0. The smallest absolute Gasteiger partial charge is 0.255 e. The molecule has 1 saturated heterocycles. The zero-order chi connectivity index (χ0) is 13.9. The Hall–Kier alpha value is -1.68. The van der Waals surface area contributed by atoms with Crippen molar-refractivity contribution in [1.82, 2.24) is 4.90 Å². The molecule has 0 aliphatic carbocycles. The number of benzene rings is 1. The quantitative estimate of drug-likeness (QED) is 0.809. The molecule has 0 saturated carbocycles. The van der Waals surface area contributed by atoms with Gasteiger partial charge < -0.3 is 4.90 Å². The van der Waals surface area contributed by atoms with Crippen LogP contribution in [0.3, 0.4) is 0 Å². The van der Waals surface area contributed by atoms with Crippen LogP contribution in [-0.2, 0) is 0 Å². The van der Waals surface area contributed by atoms with Crippen molar-refractivity contribution < 1.29 is 9.18 Å². The van der Waals surface area contributed by atoms with Gasteiger partial charge in [-0.2, -0.15) is 11.3 Å². The summed E-state index contributed by atoms with van der Waals surface area (Å²) >= 11 is 1.53. The molecule has 2 nitrogen and oxygen atoms in total. The zero-order valence-corrected chi connectivity index (χ0v) is 11.9. The molecule has 2 heterocycles. The first-order valence-corrected chi connectivity index (χ1v) is 7.78. The minimum Gasteiger partial charge on any atom is -0.332 e. The van der Waals surface area contributed by atoms with Crippen LogP contribution in [0.5, 0.6) is 0 Å². The Morgan fingerprint density at radius 2 is 2.00 bits per heavy atom. The van der Waals surface area contributed by atoms with Gasteiger partial charge in [-0.15, -0.1) is 0 Å². The van der Waals surface area contributed by atoms with Gasteiger partial charge in [0.1, 0.15) is 5.82 Å². The Balaban J connectivity index is 1.87. The van der Waals surface area contributed by atoms with Crippen LogP contribution in [-0.4, -0.2) is 17.4 Å². The van der Waals surface area contributed by atoms with E-state index in [2.05, 4.69) is 0 Å². The van der Waals surface area contributed by atoms with E-state index in [0.29, 0.717) is 0 Å². The molecule has 0 spiro atoms. The molecular weight excluding hydrogens is 273 g/mol. The lowest BCUT2D eigenvalue weighted by Crippen LogP contribution is -2.38. The van der Waals surface area contributed by atoms with Gasteiger partial charge in [0.25, 0.3) is 5.91 Å². The summed E-state index contributed by atoms with van der Waals surface area (Å²) in [6, 6.07) is 8.45. The lowest BCUT2D eigenvalue weighted by Gasteiger charge is -2.36. The van der Waals surface area contributed by atoms with Gasteiger partial charge in [0.2, 0.25) is 0 Å². The molecule has 1 atom stereocenters. The molecule has 1 aliphatic rings. The van der Waals surface area contributed by atoms with Crippen LogP contribution in [0.4, 0.5) is 4.39 Å². The third kappa shape index (κ3) is 2.61. The Kier molecular flexibility index (Phi) is 3.83. The SMILES string of the molecule is O=C(c1ccsc1)N1CCCC[C@H]1c1ccc(F)cc1. The summed E-state index contributed by atoms with van der Waals surface area (Å²) in [6.07, 6.45) is 3.09. The molecule has 0 bridgehead atoms. The van der Waals surface area contributed by atoms with Crippen LogP contribution in [0, 0.1) is 5.82 Å². The van der Waals surface area contributed by atoms with Crippen LogP contribution < -0.4 is 0 Å². The number of thiophene rings is 1. The van der Waals surface area contributed by atoms with Crippen LogP contribution >= 0.6 is 11.3 Å². The fourth-order valence-corrected chi connectivity index (χ4v) is 3.39. The summed E-state index contributed by atoms with van der Waals surface area (Å²) in [6.45, 7) is 0.775. The second-order valence-corrected chi connectivity index (χ2v) is 5.85. The monoisotopic (exact) mass is 289 g/mol. The van der Waals surface area contributed by atoms with Crippen molar-refractivity contribution in [3.8, 4) is 0 Å². The van der Waals surface area contributed by atoms with Crippen molar-refractivity contribution in [2.45, 2.75) is 25.3 Å². The molecule has 0 N–H and O–H groups in total. The molecule has 20 heavy (non-hydrogen) atoms. The van der Waals surface area contributed by atoms with Crippen molar-refractivity contribution in [2.24, 2.45) is 0 Å². The second kappa shape index (κ2) is 5.75. The van der Waals surface area contributed by atoms with Crippen molar-refractivity contribution >= 4 is 17.2 Å². The number of likely N-dealkylation sites (tertiary alicyclic amines) is 1. The van der Waals surface area contributed by atoms with E-state index < -0.39 is 0 Å². The average Bonchev–Trinajstić information content (AvgIpc) is 3.02. The molecule has 4 heteroatoms. The van der Waals surface area contributed by atoms with Gasteiger partial charge in [0.15, 0.2) is 0 Å². The van der Waals surface area contributed by atoms with Gasteiger partial charge >= 0.3 is 0 Å². The number of piperidine rings is 1. The van der Waals surface area contributed by atoms with Gasteiger partial charge in [0, 0.05) is 11.9 Å². The molecule has 104 valence electrons. The van der Waals surface area contributed by atoms with Gasteiger partial charge in [-0.1, -0.05) is 12.1 Å². The van der Waals surface area contributed by atoms with E-state index in [1.54, 1.807) is 12.1 Å². The number of rotatable bonds is 2. The minimum absolute atomic E-state index is 0.0664. The van der Waals surface area contributed by atoms with Crippen molar-refractivity contribution in [1.29, 1.82) is 0 Å². The third-order valence-electron chi connectivity index (χ3n) is 3.79. The van der Waals surface area contributed by atoms with Gasteiger partial charge in [0.05, 0.1) is 11.6 Å². The number of carbonyl (C=O) groups excluding carboxylic acids is 1. The standard InChI is InChI=1S/C16H16FNOS/c17-14-6-4-12(5-7-14)15-3-1-2-9-18(15)16(19)13-8-10-20-11-13/h4-8,10-11,15H,1-3,9H2/t15-/m0/s1. The van der Waals surface area contributed by atoms with Crippen LogP contribution in [0.15, 0.2) is 41.1 Å². The summed E-state index contributed by atoms with van der Waals surface area (Å²) in [4.78, 5) is 14.5. The topological polar surface area (TPSA) is 20.3 Å². The average molecular weight is 289 g/mol. The Morgan fingerprint density at radius 1 is 1.20 bits per heavy atom. The first kappa shape index (κ1) is 13.3. The second-order valence-electron chi connectivity index (χ2n) is 5.07. The fraction of sp³-hybridized carbons (Fsp3) is 0.312. The van der Waals surface area contributed by atoms with Crippen LogP contribution in [0.25, 0.3) is 0 Å². The summed E-state index contributed by atoms with van der Waals surface area (Å²) in [5.74, 6) is -0.152. The van der Waals surface area contributed by atoms with E-state index in [1.165, 1.54) is 23.5 Å². The molecule has 3 rings (SSSR count). The lowest BCUT2D eigenvalue weighted by atomic mass is 9.94. The summed E-state index contributed by atoms with van der Waals surface area (Å²) in [5.41, 5.74) is 1.78. The van der Waals surface area contributed by atoms with Crippen LogP contribution in [0.1, 0.15) is 41.2 Å². The van der Waals surface area contributed by atoms with E-state index in [4.69, 9.17) is 0 Å². The molecule has 0 unspecified atom stereocenters. The van der Waals surface area contributed by atoms with Crippen molar-refractivity contribution in [3.63, 3.8) is 0 Å². The van der Waals surface area contributed by atoms with E-state index in [-0.39, 0.29) is 17.8 Å². The van der Waals surface area contributed by atoms with Gasteiger partial charge in [-0.3, -0.25) is 4.79 Å². The molecule has 1 aromatic heterocycles. The maximum Gasteiger partial charge on any atom is 0.255 e. The number of halogens is 1. The highest BCUT2D eigenvalue weighted by Gasteiger charge is 2.28. The van der Waals surface area contributed by atoms with Gasteiger partial charge in [-0.05, 0) is 48.4 Å². The maximum atomic E-state index is 13.1. The van der Waals surface area contributed by atoms with Crippen molar-refractivity contribution in [2.75, 3.05) is 6.54 Å². The number of amides is 1. The molecular formula is C16H16FNOS. The van der Waals surface area contributed by atoms with Gasteiger partial charge in [-0.25, -0.2) is 4.39 Å². The van der Waals surface area contributed by atoms with E-state index in [1.807, 2.05) is 21.7 Å². The number of hydrogen-bond acceptors (Lipinski definition) is 2. The Morgan fingerprint density at radius 3 is 2.70 bits per heavy atom.